The number of rotatable bonds is 2. The molecule has 0 aromatic carbocycles. The van der Waals surface area contributed by atoms with Gasteiger partial charge in [0.15, 0.2) is 0 Å². The Hall–Kier alpha value is -1.85. The molecule has 6 heteroatoms. The molecule has 2 heterocycles. The van der Waals surface area contributed by atoms with Crippen molar-refractivity contribution in [3.8, 4) is 0 Å². The van der Waals surface area contributed by atoms with Gasteiger partial charge in [-0.3, -0.25) is 9.59 Å². The maximum absolute atomic E-state index is 12.0. The van der Waals surface area contributed by atoms with Crippen molar-refractivity contribution in [1.29, 1.82) is 0 Å². The molecule has 1 fully saturated rings. The number of hydrogen-bond donors (Lipinski definition) is 1. The van der Waals surface area contributed by atoms with Crippen molar-refractivity contribution in [3.05, 3.63) is 17.0 Å². The molecule has 0 atom stereocenters. The lowest BCUT2D eigenvalue weighted by Crippen LogP contribution is -2.54. The first-order chi connectivity index (χ1) is 7.50. The van der Waals surface area contributed by atoms with E-state index in [1.807, 2.05) is 0 Å². The van der Waals surface area contributed by atoms with E-state index in [2.05, 4.69) is 5.16 Å². The Morgan fingerprint density at radius 1 is 1.44 bits per heavy atom. The van der Waals surface area contributed by atoms with Crippen LogP contribution in [0.5, 0.6) is 0 Å². The van der Waals surface area contributed by atoms with Gasteiger partial charge in [0.1, 0.15) is 11.3 Å². The molecule has 2 rings (SSSR count). The van der Waals surface area contributed by atoms with Crippen molar-refractivity contribution in [2.45, 2.75) is 13.8 Å². The van der Waals surface area contributed by atoms with Crippen LogP contribution in [0.15, 0.2) is 4.52 Å². The summed E-state index contributed by atoms with van der Waals surface area (Å²) in [7, 11) is 0. The van der Waals surface area contributed by atoms with Crippen LogP contribution in [0.4, 0.5) is 0 Å². The van der Waals surface area contributed by atoms with Crippen molar-refractivity contribution in [2.75, 3.05) is 13.1 Å². The van der Waals surface area contributed by atoms with Crippen LogP contribution >= 0.6 is 0 Å². The van der Waals surface area contributed by atoms with E-state index in [-0.39, 0.29) is 17.7 Å². The van der Waals surface area contributed by atoms with Gasteiger partial charge >= 0.3 is 0 Å². The third-order valence-electron chi connectivity index (χ3n) is 2.82. The predicted octanol–water partition coefficient (Wildman–Crippen LogP) is -0.151. The number of aromatic nitrogens is 1. The van der Waals surface area contributed by atoms with E-state index in [4.69, 9.17) is 10.3 Å². The highest BCUT2D eigenvalue weighted by Gasteiger charge is 2.36. The fourth-order valence-corrected chi connectivity index (χ4v) is 1.77. The normalized spacial score (nSPS) is 16.0. The Balaban J connectivity index is 2.08. The standard InChI is InChI=1S/C10H13N3O3/c1-5-8(6(2)16-12-5)10(15)13-3-7(4-13)9(11)14/h7H,3-4H2,1-2H3,(H2,11,14). The molecule has 1 aromatic rings. The quantitative estimate of drug-likeness (QED) is 0.754. The summed E-state index contributed by atoms with van der Waals surface area (Å²) in [5.74, 6) is -0.217. The van der Waals surface area contributed by atoms with Crippen LogP contribution in [0.1, 0.15) is 21.8 Å². The van der Waals surface area contributed by atoms with Gasteiger partial charge in [0.05, 0.1) is 11.6 Å². The van der Waals surface area contributed by atoms with Gasteiger partial charge in [-0.25, -0.2) is 0 Å². The Kier molecular flexibility index (Phi) is 2.41. The van der Waals surface area contributed by atoms with E-state index in [9.17, 15) is 9.59 Å². The van der Waals surface area contributed by atoms with Gasteiger partial charge in [-0.2, -0.15) is 0 Å². The van der Waals surface area contributed by atoms with Crippen LogP contribution < -0.4 is 5.73 Å². The Labute approximate surface area is 92.4 Å². The Morgan fingerprint density at radius 3 is 2.50 bits per heavy atom. The van der Waals surface area contributed by atoms with E-state index < -0.39 is 0 Å². The molecule has 86 valence electrons. The zero-order valence-electron chi connectivity index (χ0n) is 9.19. The van der Waals surface area contributed by atoms with E-state index in [0.717, 1.165) is 0 Å². The van der Waals surface area contributed by atoms with E-state index >= 15 is 0 Å². The molecule has 2 amide bonds. The highest BCUT2D eigenvalue weighted by Crippen LogP contribution is 2.21. The summed E-state index contributed by atoms with van der Waals surface area (Å²) in [6.07, 6.45) is 0. The molecule has 1 aromatic heterocycles. The number of primary amides is 1. The molecular weight excluding hydrogens is 210 g/mol. The summed E-state index contributed by atoms with van der Waals surface area (Å²) in [4.78, 5) is 24.4. The topological polar surface area (TPSA) is 89.4 Å². The van der Waals surface area contributed by atoms with Gasteiger partial charge in [0.25, 0.3) is 5.91 Å². The van der Waals surface area contributed by atoms with Crippen molar-refractivity contribution < 1.29 is 14.1 Å². The largest absolute Gasteiger partial charge is 0.369 e. The second-order valence-corrected chi connectivity index (χ2v) is 4.01. The molecular formula is C10H13N3O3. The minimum absolute atomic E-state index is 0.145. The summed E-state index contributed by atoms with van der Waals surface area (Å²) in [5.41, 5.74) is 6.19. The zero-order valence-corrected chi connectivity index (χ0v) is 9.19. The van der Waals surface area contributed by atoms with E-state index in [1.165, 1.54) is 0 Å². The number of aryl methyl sites for hydroxylation is 2. The fourth-order valence-electron chi connectivity index (χ4n) is 1.77. The van der Waals surface area contributed by atoms with Gasteiger partial charge in [-0.15, -0.1) is 0 Å². The number of nitrogens with two attached hydrogens (primary N) is 1. The zero-order chi connectivity index (χ0) is 11.9. The average Bonchev–Trinajstić information content (AvgIpc) is 2.42. The average molecular weight is 223 g/mol. The SMILES string of the molecule is Cc1noc(C)c1C(=O)N1CC(C(N)=O)C1. The smallest absolute Gasteiger partial charge is 0.259 e. The molecule has 0 unspecified atom stereocenters. The first kappa shape index (κ1) is 10.7. The maximum atomic E-state index is 12.0. The fraction of sp³-hybridized carbons (Fsp3) is 0.500. The third kappa shape index (κ3) is 1.56. The molecule has 0 bridgehead atoms. The molecule has 2 N–H and O–H groups in total. The first-order valence-electron chi connectivity index (χ1n) is 5.02. The number of hydrogen-bond acceptors (Lipinski definition) is 4. The maximum Gasteiger partial charge on any atom is 0.259 e. The summed E-state index contributed by atoms with van der Waals surface area (Å²) in [6, 6.07) is 0. The summed E-state index contributed by atoms with van der Waals surface area (Å²) >= 11 is 0. The Morgan fingerprint density at radius 2 is 2.06 bits per heavy atom. The molecule has 1 saturated heterocycles. The van der Waals surface area contributed by atoms with Crippen LogP contribution in [0.2, 0.25) is 0 Å². The van der Waals surface area contributed by atoms with Crippen molar-refractivity contribution in [3.63, 3.8) is 0 Å². The summed E-state index contributed by atoms with van der Waals surface area (Å²) < 4.78 is 4.92. The van der Waals surface area contributed by atoms with E-state index in [0.29, 0.717) is 30.1 Å². The second-order valence-electron chi connectivity index (χ2n) is 4.01. The van der Waals surface area contributed by atoms with Gasteiger partial charge in [-0.1, -0.05) is 5.16 Å². The number of nitrogens with zero attached hydrogens (tertiary/aromatic N) is 2. The molecule has 1 aliphatic heterocycles. The minimum Gasteiger partial charge on any atom is -0.369 e. The summed E-state index contributed by atoms with van der Waals surface area (Å²) in [5, 5.41) is 3.72. The summed E-state index contributed by atoms with van der Waals surface area (Å²) in [6.45, 7) is 4.18. The number of carbonyl (C=O) groups is 2. The molecule has 16 heavy (non-hydrogen) atoms. The van der Waals surface area contributed by atoms with Gasteiger partial charge in [-0.05, 0) is 13.8 Å². The van der Waals surface area contributed by atoms with Crippen LogP contribution in [0, 0.1) is 19.8 Å². The van der Waals surface area contributed by atoms with E-state index in [1.54, 1.807) is 18.7 Å². The Bertz CT molecular complexity index is 427. The molecule has 6 nitrogen and oxygen atoms in total. The van der Waals surface area contributed by atoms with Crippen LogP contribution in [0.3, 0.4) is 0 Å². The number of amides is 2. The first-order valence-corrected chi connectivity index (χ1v) is 5.02. The third-order valence-corrected chi connectivity index (χ3v) is 2.82. The number of carbonyl (C=O) groups excluding carboxylic acids is 2. The lowest BCUT2D eigenvalue weighted by Gasteiger charge is -2.37. The van der Waals surface area contributed by atoms with Gasteiger partial charge < -0.3 is 15.2 Å². The van der Waals surface area contributed by atoms with Gasteiger partial charge in [0.2, 0.25) is 5.91 Å². The van der Waals surface area contributed by atoms with Crippen LogP contribution in [-0.2, 0) is 4.79 Å². The van der Waals surface area contributed by atoms with Gasteiger partial charge in [0, 0.05) is 13.1 Å². The second kappa shape index (κ2) is 3.62. The van der Waals surface area contributed by atoms with Crippen molar-refractivity contribution in [1.82, 2.24) is 10.1 Å². The molecule has 0 spiro atoms. The molecule has 1 aliphatic rings. The molecule has 0 radical (unpaired) electrons. The highest BCUT2D eigenvalue weighted by molar-refractivity contribution is 5.97. The van der Waals surface area contributed by atoms with Crippen LogP contribution in [0.25, 0.3) is 0 Å². The van der Waals surface area contributed by atoms with Crippen LogP contribution in [-0.4, -0.2) is 35.0 Å². The predicted molar refractivity (Wildman–Crippen MR) is 54.6 cm³/mol. The lowest BCUT2D eigenvalue weighted by molar-refractivity contribution is -0.125. The minimum atomic E-state index is -0.359. The number of likely N-dealkylation sites (tertiary alicyclic amines) is 1. The monoisotopic (exact) mass is 223 g/mol. The van der Waals surface area contributed by atoms with Crippen molar-refractivity contribution in [2.24, 2.45) is 11.7 Å². The molecule has 0 saturated carbocycles. The lowest BCUT2D eigenvalue weighted by atomic mass is 9.98. The van der Waals surface area contributed by atoms with Crippen molar-refractivity contribution >= 4 is 11.8 Å². The molecule has 0 aliphatic carbocycles. The highest BCUT2D eigenvalue weighted by atomic mass is 16.5.